The summed E-state index contributed by atoms with van der Waals surface area (Å²) >= 11 is 9.00. The quantitative estimate of drug-likeness (QED) is 0.281. The molecule has 2 heterocycles. The molecule has 0 spiro atoms. The van der Waals surface area contributed by atoms with Crippen LogP contribution in [0.5, 0.6) is 0 Å². The van der Waals surface area contributed by atoms with Crippen LogP contribution in [-0.4, -0.2) is 9.68 Å². The second-order valence-corrected chi connectivity index (χ2v) is 9.30. The molecule has 3 nitrogen and oxygen atoms in total. The molecule has 156 valence electrons. The highest BCUT2D eigenvalue weighted by Gasteiger charge is 2.19. The first-order valence-corrected chi connectivity index (χ1v) is 12.2. The molecule has 6 heteroatoms. The van der Waals surface area contributed by atoms with Gasteiger partial charge in [-0.2, -0.15) is 4.99 Å². The Balaban J connectivity index is 1.74. The summed E-state index contributed by atoms with van der Waals surface area (Å²) in [6, 6.07) is 34.9. The van der Waals surface area contributed by atoms with Crippen LogP contribution in [0.1, 0.15) is 0 Å². The van der Waals surface area contributed by atoms with E-state index in [0.717, 1.165) is 27.4 Å². The maximum absolute atomic E-state index is 5.62. The monoisotopic (exact) mass is 469 g/mol. The maximum atomic E-state index is 5.62. The van der Waals surface area contributed by atoms with Gasteiger partial charge in [0.1, 0.15) is 0 Å². The van der Waals surface area contributed by atoms with Crippen LogP contribution in [0, 0.1) is 0 Å². The van der Waals surface area contributed by atoms with E-state index < -0.39 is 0 Å². The fourth-order valence-corrected chi connectivity index (χ4v) is 5.74. The molecule has 0 fully saturated rings. The molecular formula is C26H19N3S3. The largest absolute Gasteiger partial charge is 0.331 e. The Kier molecular flexibility index (Phi) is 6.07. The average Bonchev–Trinajstić information content (AvgIpc) is 3.49. The highest BCUT2D eigenvalue weighted by molar-refractivity contribution is 7.80. The van der Waals surface area contributed by atoms with Gasteiger partial charge in [0.05, 0.1) is 10.6 Å². The van der Waals surface area contributed by atoms with Crippen LogP contribution in [0.3, 0.4) is 0 Å². The molecule has 0 aliphatic heterocycles. The van der Waals surface area contributed by atoms with Gasteiger partial charge in [-0.25, -0.2) is 0 Å². The molecule has 1 N–H and O–H groups in total. The summed E-state index contributed by atoms with van der Waals surface area (Å²) in [4.78, 5) is 8.07. The number of anilines is 1. The standard InChI is InChI=1S/C26H19N3S3/c30-25(27-20-13-6-2-7-14-20)28-26-29(21-15-8-3-9-16-21)23(19-11-4-1-5-12-19)24(32-26)22-17-10-18-31-22/h1-18H,(H,27,30). The van der Waals surface area contributed by atoms with Gasteiger partial charge in [-0.3, -0.25) is 4.57 Å². The van der Waals surface area contributed by atoms with Crippen molar-refractivity contribution >= 4 is 45.7 Å². The van der Waals surface area contributed by atoms with Crippen LogP contribution in [0.2, 0.25) is 0 Å². The molecular weight excluding hydrogens is 451 g/mol. The highest BCUT2D eigenvalue weighted by Crippen LogP contribution is 2.38. The summed E-state index contributed by atoms with van der Waals surface area (Å²) in [6.07, 6.45) is 0. The second-order valence-electron chi connectivity index (χ2n) is 6.98. The Morgan fingerprint density at radius 2 is 1.44 bits per heavy atom. The molecule has 0 radical (unpaired) electrons. The van der Waals surface area contributed by atoms with Crippen LogP contribution < -0.4 is 10.1 Å². The number of benzene rings is 3. The third-order valence-electron chi connectivity index (χ3n) is 4.85. The molecule has 32 heavy (non-hydrogen) atoms. The molecule has 0 amide bonds. The number of para-hydroxylation sites is 2. The van der Waals surface area contributed by atoms with Gasteiger partial charge in [0.2, 0.25) is 0 Å². The van der Waals surface area contributed by atoms with Crippen molar-refractivity contribution in [1.29, 1.82) is 0 Å². The first-order chi connectivity index (χ1) is 15.8. The smallest absolute Gasteiger partial charge is 0.199 e. The van der Waals surface area contributed by atoms with Gasteiger partial charge in [0.15, 0.2) is 9.91 Å². The van der Waals surface area contributed by atoms with E-state index in [9.17, 15) is 0 Å². The summed E-state index contributed by atoms with van der Waals surface area (Å²) < 4.78 is 2.20. The SMILES string of the molecule is S=C(N=c1sc(-c2cccs2)c(-c2ccccc2)n1-c1ccccc1)Nc1ccccc1. The molecule has 0 saturated heterocycles. The first kappa shape index (κ1) is 20.6. The Morgan fingerprint density at radius 3 is 2.09 bits per heavy atom. The third-order valence-corrected chi connectivity index (χ3v) is 7.14. The number of nitrogens with zero attached hydrogens (tertiary/aromatic N) is 2. The number of thiophene rings is 1. The van der Waals surface area contributed by atoms with Crippen molar-refractivity contribution in [2.24, 2.45) is 4.99 Å². The normalized spacial score (nSPS) is 11.4. The van der Waals surface area contributed by atoms with E-state index in [0.29, 0.717) is 5.11 Å². The van der Waals surface area contributed by atoms with Crippen molar-refractivity contribution < 1.29 is 0 Å². The highest BCUT2D eigenvalue weighted by atomic mass is 32.1. The van der Waals surface area contributed by atoms with Crippen molar-refractivity contribution in [1.82, 2.24) is 4.57 Å². The molecule has 0 aliphatic carbocycles. The zero-order valence-corrected chi connectivity index (χ0v) is 19.5. The summed E-state index contributed by atoms with van der Waals surface area (Å²) in [7, 11) is 0. The number of hydrogen-bond acceptors (Lipinski definition) is 3. The fraction of sp³-hybridized carbons (Fsp3) is 0. The molecule has 3 aromatic carbocycles. The maximum Gasteiger partial charge on any atom is 0.199 e. The van der Waals surface area contributed by atoms with Gasteiger partial charge in [-0.1, -0.05) is 84.1 Å². The predicted molar refractivity (Wildman–Crippen MR) is 141 cm³/mol. The number of hydrogen-bond donors (Lipinski definition) is 1. The average molecular weight is 470 g/mol. The van der Waals surface area contributed by atoms with Gasteiger partial charge < -0.3 is 5.32 Å². The number of thiocarbonyl (C=S) groups is 1. The molecule has 0 bridgehead atoms. The fourth-order valence-electron chi connectivity index (χ4n) is 3.46. The van der Waals surface area contributed by atoms with Gasteiger partial charge in [-0.15, -0.1) is 11.3 Å². The summed E-state index contributed by atoms with van der Waals surface area (Å²) in [5, 5.41) is 5.77. The molecule has 5 rings (SSSR count). The van der Waals surface area contributed by atoms with E-state index in [-0.39, 0.29) is 0 Å². The Bertz CT molecular complexity index is 1390. The minimum Gasteiger partial charge on any atom is -0.331 e. The predicted octanol–water partition coefficient (Wildman–Crippen LogP) is 7.23. The molecule has 0 saturated carbocycles. The summed E-state index contributed by atoms with van der Waals surface area (Å²) in [5.74, 6) is 0. The molecule has 0 unspecified atom stereocenters. The van der Waals surface area contributed by atoms with E-state index in [1.165, 1.54) is 9.75 Å². The molecule has 0 aliphatic rings. The van der Waals surface area contributed by atoms with E-state index in [1.807, 2.05) is 54.6 Å². The second kappa shape index (κ2) is 9.44. The number of thiazole rings is 1. The molecule has 0 atom stereocenters. The molecule has 2 aromatic heterocycles. The van der Waals surface area contributed by atoms with Crippen molar-refractivity contribution in [2.75, 3.05) is 5.32 Å². The molecule has 5 aromatic rings. The first-order valence-electron chi connectivity index (χ1n) is 10.1. The minimum atomic E-state index is 0.430. The van der Waals surface area contributed by atoms with Crippen molar-refractivity contribution in [2.45, 2.75) is 0 Å². The summed E-state index contributed by atoms with van der Waals surface area (Å²) in [5.41, 5.74) is 4.22. The van der Waals surface area contributed by atoms with Crippen LogP contribution >= 0.6 is 34.9 Å². The topological polar surface area (TPSA) is 29.3 Å². The van der Waals surface area contributed by atoms with Gasteiger partial charge >= 0.3 is 0 Å². The van der Waals surface area contributed by atoms with E-state index in [4.69, 9.17) is 17.2 Å². The van der Waals surface area contributed by atoms with Crippen molar-refractivity contribution in [3.63, 3.8) is 0 Å². The van der Waals surface area contributed by atoms with Crippen molar-refractivity contribution in [3.05, 3.63) is 113 Å². The number of nitrogens with one attached hydrogen (secondary N) is 1. The van der Waals surface area contributed by atoms with Crippen molar-refractivity contribution in [3.8, 4) is 26.7 Å². The van der Waals surface area contributed by atoms with E-state index in [2.05, 4.69) is 63.8 Å². The van der Waals surface area contributed by atoms with E-state index >= 15 is 0 Å². The lowest BCUT2D eigenvalue weighted by Crippen LogP contribution is -2.18. The number of rotatable bonds is 4. The van der Waals surface area contributed by atoms with Crippen LogP contribution in [0.15, 0.2) is 114 Å². The van der Waals surface area contributed by atoms with Gasteiger partial charge in [0.25, 0.3) is 0 Å². The Hall–Kier alpha value is -3.32. The zero-order chi connectivity index (χ0) is 21.8. The lowest BCUT2D eigenvalue weighted by Gasteiger charge is -2.11. The lowest BCUT2D eigenvalue weighted by atomic mass is 10.1. The van der Waals surface area contributed by atoms with Crippen LogP contribution in [0.4, 0.5) is 5.69 Å². The lowest BCUT2D eigenvalue weighted by molar-refractivity contribution is 1.02. The summed E-state index contributed by atoms with van der Waals surface area (Å²) in [6.45, 7) is 0. The van der Waals surface area contributed by atoms with E-state index in [1.54, 1.807) is 22.7 Å². The third kappa shape index (κ3) is 4.34. The van der Waals surface area contributed by atoms with Crippen LogP contribution in [-0.2, 0) is 0 Å². The van der Waals surface area contributed by atoms with Crippen LogP contribution in [0.25, 0.3) is 26.7 Å². The van der Waals surface area contributed by atoms with Gasteiger partial charge in [0, 0.05) is 21.8 Å². The number of aromatic nitrogens is 1. The minimum absolute atomic E-state index is 0.430. The van der Waals surface area contributed by atoms with Gasteiger partial charge in [-0.05, 0) is 47.9 Å². The zero-order valence-electron chi connectivity index (χ0n) is 17.0. The Morgan fingerprint density at radius 1 is 0.781 bits per heavy atom. The Labute approximate surface area is 200 Å².